The largest absolute Gasteiger partial charge is 0.222 e. The van der Waals surface area contributed by atoms with Crippen LogP contribution in [0, 0.1) is 12.3 Å². The summed E-state index contributed by atoms with van der Waals surface area (Å²) in [5.74, 6) is 0. The Morgan fingerprint density at radius 2 is 1.87 bits per heavy atom. The molecule has 0 atom stereocenters. The average Bonchev–Trinajstić information content (AvgIpc) is 2.72. The Balaban J connectivity index is 1.73. The van der Waals surface area contributed by atoms with Gasteiger partial charge in [-0.1, -0.05) is 56.8 Å². The van der Waals surface area contributed by atoms with E-state index in [9.17, 15) is 0 Å². The van der Waals surface area contributed by atoms with E-state index in [0.717, 1.165) is 6.42 Å². The first-order valence-electron chi connectivity index (χ1n) is 11.5. The molecule has 0 N–H and O–H groups in total. The zero-order valence-corrected chi connectivity index (χ0v) is 20.0. The van der Waals surface area contributed by atoms with Crippen LogP contribution in [0.4, 0.5) is 0 Å². The van der Waals surface area contributed by atoms with Gasteiger partial charge in [0, 0.05) is 15.9 Å². The highest BCUT2D eigenvalue weighted by Gasteiger charge is 2.33. The molecule has 1 nitrogen and oxygen atoms in total. The number of hydrogen-bond donors (Lipinski definition) is 0. The molecule has 156 valence electrons. The molecule has 2 aliphatic rings. The quantitative estimate of drug-likeness (QED) is 0.255. The Kier molecular flexibility index (Phi) is 4.12. The van der Waals surface area contributed by atoms with Gasteiger partial charge in [0.15, 0.2) is 6.20 Å². The first-order valence-corrected chi connectivity index (χ1v) is 12.3. The maximum atomic E-state index is 2.48. The van der Waals surface area contributed by atoms with Gasteiger partial charge in [-0.2, -0.15) is 0 Å². The zero-order chi connectivity index (χ0) is 21.5. The number of pyridine rings is 1. The SMILES string of the molecule is Cc1c2c(c3c4c(cccc14)CCC3)Sc1cc(CC(C)(C)C)cc3cc[n+](C)c-2c13. The van der Waals surface area contributed by atoms with Crippen molar-refractivity contribution in [1.82, 2.24) is 0 Å². The Hall–Kier alpha value is -2.32. The number of aromatic nitrogens is 1. The summed E-state index contributed by atoms with van der Waals surface area (Å²) in [6.45, 7) is 9.35. The third-order valence-corrected chi connectivity index (χ3v) is 8.25. The lowest BCUT2D eigenvalue weighted by Crippen LogP contribution is -2.32. The number of fused-ring (bicyclic) bond motifs is 3. The molecule has 0 spiro atoms. The molecule has 4 aromatic rings. The summed E-state index contributed by atoms with van der Waals surface area (Å²) in [6.07, 6.45) is 7.03. The third-order valence-electron chi connectivity index (χ3n) is 7.05. The average molecular weight is 425 g/mol. The minimum atomic E-state index is 0.285. The lowest BCUT2D eigenvalue weighted by Gasteiger charge is -2.28. The Labute approximate surface area is 189 Å². The first kappa shape index (κ1) is 19.4. The van der Waals surface area contributed by atoms with Crippen LogP contribution in [-0.2, 0) is 26.3 Å². The Bertz CT molecular complexity index is 1400. The van der Waals surface area contributed by atoms with E-state index in [1.165, 1.54) is 67.6 Å². The van der Waals surface area contributed by atoms with Crippen LogP contribution in [0.5, 0.6) is 0 Å². The van der Waals surface area contributed by atoms with E-state index in [-0.39, 0.29) is 5.41 Å². The van der Waals surface area contributed by atoms with E-state index in [4.69, 9.17) is 0 Å². The fraction of sp³-hybridized carbons (Fsp3) is 0.345. The lowest BCUT2D eigenvalue weighted by atomic mass is 9.83. The summed E-state index contributed by atoms with van der Waals surface area (Å²) in [5.41, 5.74) is 9.18. The normalized spacial score (nSPS) is 14.9. The lowest BCUT2D eigenvalue weighted by molar-refractivity contribution is -0.659. The summed E-state index contributed by atoms with van der Waals surface area (Å²) in [5, 5.41) is 5.81. The molecule has 0 radical (unpaired) electrons. The van der Waals surface area contributed by atoms with Crippen molar-refractivity contribution in [2.45, 2.75) is 63.2 Å². The molecule has 0 saturated carbocycles. The highest BCUT2D eigenvalue weighted by Crippen LogP contribution is 2.53. The van der Waals surface area contributed by atoms with Crippen molar-refractivity contribution < 1.29 is 4.57 Å². The zero-order valence-electron chi connectivity index (χ0n) is 19.2. The van der Waals surface area contributed by atoms with Crippen molar-refractivity contribution in [2.24, 2.45) is 12.5 Å². The van der Waals surface area contributed by atoms with E-state index in [2.05, 4.69) is 81.9 Å². The van der Waals surface area contributed by atoms with E-state index in [1.54, 1.807) is 16.5 Å². The van der Waals surface area contributed by atoms with Gasteiger partial charge in [0.1, 0.15) is 7.05 Å². The standard InChI is InChI=1S/C29H30NS/c1-17-21-10-6-8-19-9-7-11-22(25(19)21)28-24(17)27-26-20(12-13-30(27)5)14-18(15-23(26)31-28)16-29(2,3)4/h6,8,10,12-15H,7,9,11,16H2,1-5H3/q+1. The maximum absolute atomic E-state index is 2.48. The molecule has 0 fully saturated rings. The molecule has 2 heteroatoms. The molecule has 0 bridgehead atoms. The van der Waals surface area contributed by atoms with Gasteiger partial charge in [0.2, 0.25) is 5.69 Å². The van der Waals surface area contributed by atoms with Crippen molar-refractivity contribution in [2.75, 3.05) is 0 Å². The van der Waals surface area contributed by atoms with Crippen molar-refractivity contribution in [3.8, 4) is 11.3 Å². The van der Waals surface area contributed by atoms with Crippen LogP contribution in [0.2, 0.25) is 0 Å². The van der Waals surface area contributed by atoms with Crippen LogP contribution in [0.3, 0.4) is 0 Å². The fourth-order valence-corrected chi connectivity index (χ4v) is 7.30. The molecule has 0 saturated heterocycles. The van der Waals surface area contributed by atoms with E-state index in [1.807, 2.05) is 11.8 Å². The number of aryl methyl sites for hydroxylation is 4. The van der Waals surface area contributed by atoms with Gasteiger partial charge in [-0.3, -0.25) is 0 Å². The molecular weight excluding hydrogens is 394 g/mol. The molecule has 3 aromatic carbocycles. The van der Waals surface area contributed by atoms with Gasteiger partial charge >= 0.3 is 0 Å². The second kappa shape index (κ2) is 6.59. The Morgan fingerprint density at radius 3 is 2.68 bits per heavy atom. The second-order valence-electron chi connectivity index (χ2n) is 10.7. The van der Waals surface area contributed by atoms with Gasteiger partial charge in [0.25, 0.3) is 0 Å². The minimum Gasteiger partial charge on any atom is -0.200 e. The molecule has 0 unspecified atom stereocenters. The van der Waals surface area contributed by atoms with Gasteiger partial charge < -0.3 is 0 Å². The van der Waals surface area contributed by atoms with Gasteiger partial charge in [0.05, 0.1) is 10.9 Å². The molecule has 1 aliphatic heterocycles. The van der Waals surface area contributed by atoms with Crippen molar-refractivity contribution in [1.29, 1.82) is 0 Å². The molecule has 2 heterocycles. The monoisotopic (exact) mass is 424 g/mol. The van der Waals surface area contributed by atoms with Crippen molar-refractivity contribution >= 4 is 33.3 Å². The van der Waals surface area contributed by atoms with Crippen LogP contribution in [0.25, 0.3) is 32.8 Å². The van der Waals surface area contributed by atoms with Crippen LogP contribution in [0.1, 0.15) is 49.4 Å². The molecule has 6 rings (SSSR count). The van der Waals surface area contributed by atoms with Crippen molar-refractivity contribution in [3.05, 3.63) is 64.8 Å². The number of rotatable bonds is 1. The Morgan fingerprint density at radius 1 is 1.03 bits per heavy atom. The summed E-state index contributed by atoms with van der Waals surface area (Å²) in [7, 11) is 2.22. The summed E-state index contributed by atoms with van der Waals surface area (Å²) in [6, 6.07) is 14.2. The molecule has 1 aromatic heterocycles. The summed E-state index contributed by atoms with van der Waals surface area (Å²) in [4.78, 5) is 2.95. The first-order chi connectivity index (χ1) is 14.8. The van der Waals surface area contributed by atoms with Gasteiger partial charge in [-0.15, -0.1) is 0 Å². The second-order valence-corrected chi connectivity index (χ2v) is 11.7. The van der Waals surface area contributed by atoms with E-state index < -0.39 is 0 Å². The summed E-state index contributed by atoms with van der Waals surface area (Å²) < 4.78 is 2.35. The predicted molar refractivity (Wildman–Crippen MR) is 132 cm³/mol. The summed E-state index contributed by atoms with van der Waals surface area (Å²) >= 11 is 2.03. The minimum absolute atomic E-state index is 0.285. The number of hydrogen-bond acceptors (Lipinski definition) is 1. The maximum Gasteiger partial charge on any atom is 0.222 e. The van der Waals surface area contributed by atoms with Crippen LogP contribution in [0.15, 0.2) is 52.4 Å². The van der Waals surface area contributed by atoms with Gasteiger partial charge in [-0.05, 0) is 82.5 Å². The smallest absolute Gasteiger partial charge is 0.200 e. The van der Waals surface area contributed by atoms with E-state index in [0.29, 0.717) is 0 Å². The highest BCUT2D eigenvalue weighted by molar-refractivity contribution is 7.99. The van der Waals surface area contributed by atoms with Crippen molar-refractivity contribution in [3.63, 3.8) is 0 Å². The number of benzene rings is 3. The number of nitrogens with zero attached hydrogens (tertiary/aromatic N) is 1. The van der Waals surface area contributed by atoms with E-state index >= 15 is 0 Å². The highest BCUT2D eigenvalue weighted by atomic mass is 32.2. The predicted octanol–water partition coefficient (Wildman–Crippen LogP) is 7.33. The van der Waals surface area contributed by atoms with Crippen LogP contribution >= 0.6 is 11.8 Å². The van der Waals surface area contributed by atoms with Gasteiger partial charge in [-0.25, -0.2) is 4.57 Å². The van der Waals surface area contributed by atoms with Crippen LogP contribution in [-0.4, -0.2) is 0 Å². The molecule has 1 aliphatic carbocycles. The molecular formula is C29H30NS+. The molecule has 0 amide bonds. The van der Waals surface area contributed by atoms with Crippen LogP contribution < -0.4 is 4.57 Å². The third kappa shape index (κ3) is 2.88. The topological polar surface area (TPSA) is 3.88 Å². The fourth-order valence-electron chi connectivity index (χ4n) is 5.87. The molecule has 31 heavy (non-hydrogen) atoms.